The number of ether oxygens (including phenoxy) is 1. The van der Waals surface area contributed by atoms with Crippen LogP contribution in [0, 0.1) is 6.92 Å². The first-order valence-electron chi connectivity index (χ1n) is 10.7. The van der Waals surface area contributed by atoms with Crippen LogP contribution in [0.2, 0.25) is 5.02 Å². The molecule has 2 heterocycles. The Morgan fingerprint density at radius 1 is 1.22 bits per heavy atom. The van der Waals surface area contributed by atoms with Gasteiger partial charge in [0.1, 0.15) is 11.6 Å². The Kier molecular flexibility index (Phi) is 7.28. The quantitative estimate of drug-likeness (QED) is 0.377. The zero-order chi connectivity index (χ0) is 27.1. The Labute approximate surface area is 217 Å². The molecule has 0 fully saturated rings. The largest absolute Gasteiger partial charge is 0.495 e. The maximum Gasteiger partial charge on any atom is 0.427 e. The maximum absolute atomic E-state index is 13.4. The number of methoxy groups -OCH3 is 1. The fourth-order valence-corrected chi connectivity index (χ4v) is 4.78. The van der Waals surface area contributed by atoms with Crippen LogP contribution in [0.5, 0.6) is 5.75 Å². The molecule has 1 aliphatic heterocycles. The Morgan fingerprint density at radius 3 is 2.43 bits per heavy atom. The van der Waals surface area contributed by atoms with Gasteiger partial charge in [-0.05, 0) is 36.2 Å². The van der Waals surface area contributed by atoms with Gasteiger partial charge in [-0.2, -0.15) is 13.2 Å². The molecule has 0 bridgehead atoms. The second-order valence-corrected chi connectivity index (χ2v) is 9.67. The molecule has 0 saturated carbocycles. The van der Waals surface area contributed by atoms with Gasteiger partial charge in [0, 0.05) is 17.9 Å². The number of amides is 1. The minimum Gasteiger partial charge on any atom is -0.495 e. The number of rotatable bonds is 6. The molecule has 6 nitrogen and oxygen atoms in total. The van der Waals surface area contributed by atoms with E-state index in [1.807, 2.05) is 0 Å². The highest BCUT2D eigenvalue weighted by Crippen LogP contribution is 2.44. The molecule has 0 saturated heterocycles. The van der Waals surface area contributed by atoms with E-state index in [1.54, 1.807) is 24.4 Å². The zero-order valence-electron chi connectivity index (χ0n) is 19.3. The first-order chi connectivity index (χ1) is 17.3. The van der Waals surface area contributed by atoms with E-state index < -0.39 is 29.7 Å². The standard InChI is InChI=1S/C24H19ClF5N3O3S/c1-12-31-15(11-37-12)9-20-32-18-10-19(36-2)17(25)7-13(18)8-21(34)33(20)16-5-3-14(4-6-16)23(35,22(26)27)24(28,29)30/h3-7,10-11,22,35H,8-9H2,1-2H3. The summed E-state index contributed by atoms with van der Waals surface area (Å²) in [5, 5.41) is 12.6. The highest BCUT2D eigenvalue weighted by molar-refractivity contribution is 7.09. The van der Waals surface area contributed by atoms with Crippen molar-refractivity contribution in [3.63, 3.8) is 0 Å². The molecule has 1 aromatic heterocycles. The van der Waals surface area contributed by atoms with Crippen molar-refractivity contribution in [2.45, 2.75) is 38.0 Å². The number of aromatic nitrogens is 1. The fraction of sp³-hybridized carbons (Fsp3) is 0.292. The van der Waals surface area contributed by atoms with Gasteiger partial charge < -0.3 is 9.84 Å². The van der Waals surface area contributed by atoms with Gasteiger partial charge in [-0.15, -0.1) is 11.3 Å². The first kappa shape index (κ1) is 27.0. The minimum absolute atomic E-state index is 0.0733. The number of hydrogen-bond acceptors (Lipinski definition) is 6. The van der Waals surface area contributed by atoms with Crippen LogP contribution in [-0.2, 0) is 23.2 Å². The molecule has 3 aromatic rings. The lowest BCUT2D eigenvalue weighted by molar-refractivity contribution is -0.305. The Balaban J connectivity index is 1.81. The van der Waals surface area contributed by atoms with Crippen LogP contribution in [0.3, 0.4) is 0 Å². The van der Waals surface area contributed by atoms with Crippen LogP contribution < -0.4 is 9.64 Å². The number of thiazole rings is 1. The van der Waals surface area contributed by atoms with Gasteiger partial charge in [-0.25, -0.2) is 18.8 Å². The van der Waals surface area contributed by atoms with E-state index in [4.69, 9.17) is 16.3 Å². The summed E-state index contributed by atoms with van der Waals surface area (Å²) in [7, 11) is 1.42. The number of carbonyl (C=O) groups excluding carboxylic acids is 1. The third kappa shape index (κ3) is 5.05. The van der Waals surface area contributed by atoms with Crippen molar-refractivity contribution in [1.29, 1.82) is 0 Å². The Hall–Kier alpha value is -3.09. The number of benzene rings is 2. The van der Waals surface area contributed by atoms with Crippen molar-refractivity contribution >= 4 is 46.1 Å². The van der Waals surface area contributed by atoms with E-state index in [0.29, 0.717) is 34.8 Å². The summed E-state index contributed by atoms with van der Waals surface area (Å²) in [5.74, 6) is 0.0428. The average molecular weight is 560 g/mol. The van der Waals surface area contributed by atoms with Crippen molar-refractivity contribution in [3.8, 4) is 5.75 Å². The molecule has 0 aliphatic carbocycles. The minimum atomic E-state index is -5.63. The molecule has 1 amide bonds. The predicted octanol–water partition coefficient (Wildman–Crippen LogP) is 5.99. The van der Waals surface area contributed by atoms with E-state index in [0.717, 1.165) is 17.1 Å². The lowest BCUT2D eigenvalue weighted by Gasteiger charge is -2.30. The van der Waals surface area contributed by atoms with Crippen molar-refractivity contribution in [2.24, 2.45) is 4.99 Å². The molecule has 196 valence electrons. The van der Waals surface area contributed by atoms with Crippen LogP contribution in [0.1, 0.15) is 21.8 Å². The molecule has 2 aromatic carbocycles. The maximum atomic E-state index is 13.4. The molecular formula is C24H19ClF5N3O3S. The molecule has 13 heteroatoms. The van der Waals surface area contributed by atoms with Gasteiger partial charge >= 0.3 is 6.18 Å². The van der Waals surface area contributed by atoms with E-state index >= 15 is 0 Å². The predicted molar refractivity (Wildman–Crippen MR) is 129 cm³/mol. The number of aryl methyl sites for hydroxylation is 1. The van der Waals surface area contributed by atoms with Gasteiger partial charge in [0.05, 0.1) is 40.6 Å². The monoisotopic (exact) mass is 559 g/mol. The van der Waals surface area contributed by atoms with Gasteiger partial charge in [-0.3, -0.25) is 9.69 Å². The number of aliphatic imine (C=N–C) groups is 1. The van der Waals surface area contributed by atoms with Gasteiger partial charge in [0.25, 0.3) is 6.43 Å². The van der Waals surface area contributed by atoms with Gasteiger partial charge in [0.2, 0.25) is 11.5 Å². The second kappa shape index (κ2) is 9.99. The molecule has 1 atom stereocenters. The molecule has 1 N–H and O–H groups in total. The van der Waals surface area contributed by atoms with Crippen molar-refractivity contribution in [2.75, 3.05) is 12.0 Å². The third-order valence-corrected chi connectivity index (χ3v) is 6.89. The van der Waals surface area contributed by atoms with Gasteiger partial charge in [-0.1, -0.05) is 23.7 Å². The lowest BCUT2D eigenvalue weighted by Crippen LogP contribution is -2.48. The number of aliphatic hydroxyl groups is 1. The van der Waals surface area contributed by atoms with Crippen LogP contribution in [0.4, 0.5) is 33.3 Å². The number of fused-ring (bicyclic) bond motifs is 1. The number of hydrogen-bond donors (Lipinski definition) is 1. The van der Waals surface area contributed by atoms with Crippen molar-refractivity contribution in [3.05, 3.63) is 68.6 Å². The van der Waals surface area contributed by atoms with E-state index in [1.165, 1.54) is 23.3 Å². The summed E-state index contributed by atoms with van der Waals surface area (Å²) in [6.07, 6.45) is -9.83. The first-order valence-corrected chi connectivity index (χ1v) is 12.0. The molecule has 1 unspecified atom stereocenters. The number of amidine groups is 1. The number of alkyl halides is 5. The molecule has 0 spiro atoms. The lowest BCUT2D eigenvalue weighted by atomic mass is 9.93. The Morgan fingerprint density at radius 2 is 1.89 bits per heavy atom. The zero-order valence-corrected chi connectivity index (χ0v) is 20.9. The summed E-state index contributed by atoms with van der Waals surface area (Å²) in [5.41, 5.74) is -3.86. The highest BCUT2D eigenvalue weighted by Gasteiger charge is 2.61. The molecule has 37 heavy (non-hydrogen) atoms. The normalized spacial score (nSPS) is 15.8. The highest BCUT2D eigenvalue weighted by atomic mass is 35.5. The molecule has 1 aliphatic rings. The van der Waals surface area contributed by atoms with Crippen molar-refractivity contribution < 1.29 is 36.6 Å². The van der Waals surface area contributed by atoms with Crippen LogP contribution in [0.15, 0.2) is 46.8 Å². The van der Waals surface area contributed by atoms with E-state index in [-0.39, 0.29) is 29.4 Å². The number of halogens is 6. The van der Waals surface area contributed by atoms with Crippen molar-refractivity contribution in [1.82, 2.24) is 4.98 Å². The summed E-state index contributed by atoms with van der Waals surface area (Å²) >= 11 is 7.61. The average Bonchev–Trinajstić information content (AvgIpc) is 3.18. The second-order valence-electron chi connectivity index (χ2n) is 8.20. The Bertz CT molecular complexity index is 1360. The number of nitrogens with zero attached hydrogens (tertiary/aromatic N) is 3. The number of anilines is 1. The molecular weight excluding hydrogens is 541 g/mol. The summed E-state index contributed by atoms with van der Waals surface area (Å²) < 4.78 is 71.8. The molecule has 0 radical (unpaired) electrons. The molecule has 4 rings (SSSR count). The SMILES string of the molecule is COc1cc2c(cc1Cl)CC(=O)N(c1ccc(C(O)(C(F)F)C(F)(F)F)cc1)C(Cc1csc(C)n1)=N2. The van der Waals surface area contributed by atoms with E-state index in [9.17, 15) is 31.9 Å². The number of carbonyl (C=O) groups is 1. The van der Waals surface area contributed by atoms with Crippen LogP contribution >= 0.6 is 22.9 Å². The third-order valence-electron chi connectivity index (χ3n) is 5.77. The topological polar surface area (TPSA) is 75.0 Å². The van der Waals surface area contributed by atoms with Crippen LogP contribution in [-0.4, -0.2) is 41.5 Å². The van der Waals surface area contributed by atoms with E-state index in [2.05, 4.69) is 9.98 Å². The smallest absolute Gasteiger partial charge is 0.427 e. The summed E-state index contributed by atoms with van der Waals surface area (Å²) in [6.45, 7) is 1.80. The van der Waals surface area contributed by atoms with Crippen LogP contribution in [0.25, 0.3) is 0 Å². The summed E-state index contributed by atoms with van der Waals surface area (Å²) in [4.78, 5) is 23.6. The van der Waals surface area contributed by atoms with Gasteiger partial charge in [0.15, 0.2) is 0 Å². The fourth-order valence-electron chi connectivity index (χ4n) is 3.90. The summed E-state index contributed by atoms with van der Waals surface area (Å²) in [6, 6.07) is 6.64.